The van der Waals surface area contributed by atoms with Crippen molar-refractivity contribution >= 4 is 0 Å². The molecule has 0 aliphatic rings. The number of rotatable bonds is 7. The zero-order valence-corrected chi connectivity index (χ0v) is 8.47. The minimum Gasteiger partial charge on any atom is -0.396 e. The molecule has 0 saturated heterocycles. The maximum Gasteiger partial charge on any atom is 0.0465 e. The maximum atomic E-state index is 8.66. The second-order valence-corrected chi connectivity index (χ2v) is 3.23. The molecule has 0 aromatic heterocycles. The van der Waals surface area contributed by atoms with Gasteiger partial charge in [-0.05, 0) is 25.7 Å². The standard InChI is InChI=1S/C11H22O/c1-3-5-8-11(7-4-2)9-6-10-12/h9,12H,3-8,10H2,1-2H3/b11-9+. The molecule has 0 unspecified atom stereocenters. The second kappa shape index (κ2) is 8.79. The number of hydrogen-bond donors (Lipinski definition) is 1. The van der Waals surface area contributed by atoms with Crippen LogP contribution in [0.4, 0.5) is 0 Å². The van der Waals surface area contributed by atoms with E-state index < -0.39 is 0 Å². The van der Waals surface area contributed by atoms with Gasteiger partial charge in [-0.2, -0.15) is 0 Å². The van der Waals surface area contributed by atoms with Gasteiger partial charge in [0.05, 0.1) is 0 Å². The highest BCUT2D eigenvalue weighted by molar-refractivity contribution is 5.01. The Hall–Kier alpha value is -0.300. The summed E-state index contributed by atoms with van der Waals surface area (Å²) in [6.45, 7) is 4.72. The van der Waals surface area contributed by atoms with E-state index in [4.69, 9.17) is 5.11 Å². The monoisotopic (exact) mass is 170 g/mol. The SMILES string of the molecule is CCCC/C(=C/CCO)CCC. The molecule has 0 heterocycles. The molecule has 0 aliphatic carbocycles. The quantitative estimate of drug-likeness (QED) is 0.581. The molecule has 1 N–H and O–H groups in total. The molecule has 0 aliphatic heterocycles. The van der Waals surface area contributed by atoms with Crippen molar-refractivity contribution in [2.24, 2.45) is 0 Å². The molecule has 0 atom stereocenters. The van der Waals surface area contributed by atoms with Crippen LogP contribution in [0.15, 0.2) is 11.6 Å². The van der Waals surface area contributed by atoms with Gasteiger partial charge in [-0.1, -0.05) is 38.3 Å². The van der Waals surface area contributed by atoms with Crippen molar-refractivity contribution in [2.75, 3.05) is 6.61 Å². The molecule has 0 aromatic carbocycles. The molecule has 0 fully saturated rings. The van der Waals surface area contributed by atoms with Crippen molar-refractivity contribution in [3.8, 4) is 0 Å². The van der Waals surface area contributed by atoms with E-state index in [0.29, 0.717) is 6.61 Å². The van der Waals surface area contributed by atoms with Gasteiger partial charge in [0.15, 0.2) is 0 Å². The highest BCUT2D eigenvalue weighted by Gasteiger charge is 1.94. The fourth-order valence-corrected chi connectivity index (χ4v) is 1.32. The van der Waals surface area contributed by atoms with Crippen LogP contribution in [-0.2, 0) is 0 Å². The zero-order valence-electron chi connectivity index (χ0n) is 8.47. The van der Waals surface area contributed by atoms with Crippen molar-refractivity contribution in [3.05, 3.63) is 11.6 Å². The Morgan fingerprint density at radius 2 is 1.92 bits per heavy atom. The molecule has 12 heavy (non-hydrogen) atoms. The Bertz CT molecular complexity index is 116. The first-order chi connectivity index (χ1) is 5.85. The number of aliphatic hydroxyl groups excluding tert-OH is 1. The van der Waals surface area contributed by atoms with Gasteiger partial charge in [-0.25, -0.2) is 0 Å². The van der Waals surface area contributed by atoms with Crippen LogP contribution in [0.25, 0.3) is 0 Å². The van der Waals surface area contributed by atoms with Gasteiger partial charge < -0.3 is 5.11 Å². The van der Waals surface area contributed by atoms with Crippen LogP contribution in [0.3, 0.4) is 0 Å². The molecule has 72 valence electrons. The number of allylic oxidation sites excluding steroid dienone is 1. The first-order valence-electron chi connectivity index (χ1n) is 5.13. The molecule has 0 rings (SSSR count). The molecule has 0 amide bonds. The summed E-state index contributed by atoms with van der Waals surface area (Å²) in [6, 6.07) is 0. The highest BCUT2D eigenvalue weighted by atomic mass is 16.2. The van der Waals surface area contributed by atoms with E-state index in [1.165, 1.54) is 37.7 Å². The second-order valence-electron chi connectivity index (χ2n) is 3.23. The van der Waals surface area contributed by atoms with Gasteiger partial charge >= 0.3 is 0 Å². The zero-order chi connectivity index (χ0) is 9.23. The first kappa shape index (κ1) is 11.7. The number of unbranched alkanes of at least 4 members (excludes halogenated alkanes) is 1. The summed E-state index contributed by atoms with van der Waals surface area (Å²) < 4.78 is 0. The van der Waals surface area contributed by atoms with Gasteiger partial charge in [0.1, 0.15) is 0 Å². The number of aliphatic hydroxyl groups is 1. The maximum absolute atomic E-state index is 8.66. The van der Waals surface area contributed by atoms with E-state index >= 15 is 0 Å². The lowest BCUT2D eigenvalue weighted by atomic mass is 10.0. The van der Waals surface area contributed by atoms with E-state index in [2.05, 4.69) is 19.9 Å². The van der Waals surface area contributed by atoms with Crippen LogP contribution in [-0.4, -0.2) is 11.7 Å². The van der Waals surface area contributed by atoms with Crippen LogP contribution >= 0.6 is 0 Å². The van der Waals surface area contributed by atoms with Gasteiger partial charge in [-0.15, -0.1) is 0 Å². The molecule has 0 saturated carbocycles. The summed E-state index contributed by atoms with van der Waals surface area (Å²) in [4.78, 5) is 0. The Morgan fingerprint density at radius 3 is 2.42 bits per heavy atom. The lowest BCUT2D eigenvalue weighted by Crippen LogP contribution is -1.86. The summed E-state index contributed by atoms with van der Waals surface area (Å²) in [6.07, 6.45) is 9.25. The third-order valence-corrected chi connectivity index (χ3v) is 1.98. The van der Waals surface area contributed by atoms with Crippen molar-refractivity contribution in [1.82, 2.24) is 0 Å². The van der Waals surface area contributed by atoms with Crippen LogP contribution in [0.2, 0.25) is 0 Å². The Balaban J connectivity index is 3.68. The lowest BCUT2D eigenvalue weighted by molar-refractivity contribution is 0.302. The third kappa shape index (κ3) is 6.41. The molecule has 0 aromatic rings. The lowest BCUT2D eigenvalue weighted by Gasteiger charge is -2.04. The van der Waals surface area contributed by atoms with Crippen molar-refractivity contribution in [3.63, 3.8) is 0 Å². The number of hydrogen-bond acceptors (Lipinski definition) is 1. The molecule has 1 heteroatoms. The molecule has 1 nitrogen and oxygen atoms in total. The Labute approximate surface area is 76.5 Å². The molecule has 0 spiro atoms. The van der Waals surface area contributed by atoms with E-state index in [9.17, 15) is 0 Å². The molecule has 0 radical (unpaired) electrons. The van der Waals surface area contributed by atoms with Crippen molar-refractivity contribution in [2.45, 2.75) is 52.4 Å². The predicted octanol–water partition coefficient (Wildman–Crippen LogP) is 3.29. The van der Waals surface area contributed by atoms with E-state index in [-0.39, 0.29) is 0 Å². The molecule has 0 bridgehead atoms. The smallest absolute Gasteiger partial charge is 0.0465 e. The van der Waals surface area contributed by atoms with Gasteiger partial charge in [-0.3, -0.25) is 0 Å². The average Bonchev–Trinajstić information content (AvgIpc) is 2.10. The fourth-order valence-electron chi connectivity index (χ4n) is 1.32. The van der Waals surface area contributed by atoms with Crippen molar-refractivity contribution < 1.29 is 5.11 Å². The van der Waals surface area contributed by atoms with Crippen LogP contribution < -0.4 is 0 Å². The summed E-state index contributed by atoms with van der Waals surface area (Å²) in [5.74, 6) is 0. The fraction of sp³-hybridized carbons (Fsp3) is 0.818. The summed E-state index contributed by atoms with van der Waals surface area (Å²) in [5.41, 5.74) is 1.54. The van der Waals surface area contributed by atoms with Crippen LogP contribution in [0.1, 0.15) is 52.4 Å². The third-order valence-electron chi connectivity index (χ3n) is 1.98. The predicted molar refractivity (Wildman–Crippen MR) is 54.2 cm³/mol. The minimum atomic E-state index is 0.291. The van der Waals surface area contributed by atoms with Crippen molar-refractivity contribution in [1.29, 1.82) is 0 Å². The summed E-state index contributed by atoms with van der Waals surface area (Å²) >= 11 is 0. The van der Waals surface area contributed by atoms with E-state index in [1.54, 1.807) is 0 Å². The van der Waals surface area contributed by atoms with E-state index in [0.717, 1.165) is 6.42 Å². The topological polar surface area (TPSA) is 20.2 Å². The summed E-state index contributed by atoms with van der Waals surface area (Å²) in [5, 5.41) is 8.66. The molecular formula is C11H22O. The Morgan fingerprint density at radius 1 is 1.17 bits per heavy atom. The van der Waals surface area contributed by atoms with Crippen LogP contribution in [0.5, 0.6) is 0 Å². The normalized spacial score (nSPS) is 12.1. The first-order valence-corrected chi connectivity index (χ1v) is 5.13. The average molecular weight is 170 g/mol. The van der Waals surface area contributed by atoms with Gasteiger partial charge in [0.25, 0.3) is 0 Å². The van der Waals surface area contributed by atoms with Gasteiger partial charge in [0.2, 0.25) is 0 Å². The highest BCUT2D eigenvalue weighted by Crippen LogP contribution is 2.13. The molecular weight excluding hydrogens is 148 g/mol. The van der Waals surface area contributed by atoms with Crippen LogP contribution in [0, 0.1) is 0 Å². The van der Waals surface area contributed by atoms with E-state index in [1.807, 2.05) is 0 Å². The summed E-state index contributed by atoms with van der Waals surface area (Å²) in [7, 11) is 0. The van der Waals surface area contributed by atoms with Gasteiger partial charge in [0, 0.05) is 6.61 Å². The minimum absolute atomic E-state index is 0.291. The Kier molecular flexibility index (Phi) is 8.57. The largest absolute Gasteiger partial charge is 0.396 e.